The highest BCUT2D eigenvalue weighted by atomic mass is 16.5. The third-order valence-corrected chi connectivity index (χ3v) is 5.37. The standard InChI is InChI=1S/C22H23NO5/c1-27-20-21(25)23-17-12-10-14(9-11-16-8-5-13-28-16)19(24)18(17)22(20,26)15-6-3-2-4-7-15/h2-4,6-7,9-12,16,20,24,26H,5,8,13H2,1H3,(H,23,25)/b11-9+. The number of amides is 1. The van der Waals surface area contributed by atoms with Gasteiger partial charge in [0.2, 0.25) is 0 Å². The molecule has 2 heterocycles. The first-order valence-electron chi connectivity index (χ1n) is 9.33. The normalized spacial score (nSPS) is 27.0. The van der Waals surface area contributed by atoms with Crippen LogP contribution in [0.15, 0.2) is 48.5 Å². The summed E-state index contributed by atoms with van der Waals surface area (Å²) in [5, 5.41) is 25.5. The predicted octanol–water partition coefficient (Wildman–Crippen LogP) is 2.79. The number of benzene rings is 2. The molecule has 0 bridgehead atoms. The molecular formula is C22H23NO5. The van der Waals surface area contributed by atoms with Crippen LogP contribution in [-0.4, -0.2) is 42.0 Å². The average Bonchev–Trinajstić information content (AvgIpc) is 3.22. The second-order valence-corrected chi connectivity index (χ2v) is 7.07. The van der Waals surface area contributed by atoms with Crippen molar-refractivity contribution in [3.63, 3.8) is 0 Å². The van der Waals surface area contributed by atoms with E-state index in [0.717, 1.165) is 19.4 Å². The van der Waals surface area contributed by atoms with E-state index in [1.165, 1.54) is 7.11 Å². The Morgan fingerprint density at radius 3 is 2.71 bits per heavy atom. The molecule has 28 heavy (non-hydrogen) atoms. The summed E-state index contributed by atoms with van der Waals surface area (Å²) < 4.78 is 10.9. The number of aromatic hydroxyl groups is 1. The van der Waals surface area contributed by atoms with E-state index >= 15 is 0 Å². The Bertz CT molecular complexity index is 905. The number of aliphatic hydroxyl groups is 1. The van der Waals surface area contributed by atoms with Crippen molar-refractivity contribution in [3.8, 4) is 5.75 Å². The van der Waals surface area contributed by atoms with Crippen LogP contribution in [0.1, 0.15) is 29.5 Å². The lowest BCUT2D eigenvalue weighted by Gasteiger charge is -2.40. The van der Waals surface area contributed by atoms with Crippen LogP contribution in [0.25, 0.3) is 6.08 Å². The predicted molar refractivity (Wildman–Crippen MR) is 105 cm³/mol. The van der Waals surface area contributed by atoms with E-state index < -0.39 is 17.6 Å². The number of phenols is 1. The first-order valence-corrected chi connectivity index (χ1v) is 9.33. The van der Waals surface area contributed by atoms with E-state index in [0.29, 0.717) is 16.8 Å². The summed E-state index contributed by atoms with van der Waals surface area (Å²) in [5.74, 6) is -0.566. The molecule has 146 valence electrons. The van der Waals surface area contributed by atoms with Gasteiger partial charge in [-0.2, -0.15) is 0 Å². The van der Waals surface area contributed by atoms with E-state index in [9.17, 15) is 15.0 Å². The first-order chi connectivity index (χ1) is 13.6. The van der Waals surface area contributed by atoms with E-state index in [4.69, 9.17) is 9.47 Å². The van der Waals surface area contributed by atoms with Gasteiger partial charge in [0.1, 0.15) is 5.75 Å². The smallest absolute Gasteiger partial charge is 0.257 e. The maximum absolute atomic E-state index is 12.6. The molecule has 1 fully saturated rings. The van der Waals surface area contributed by atoms with E-state index in [-0.39, 0.29) is 17.4 Å². The fourth-order valence-electron chi connectivity index (χ4n) is 3.98. The van der Waals surface area contributed by atoms with Gasteiger partial charge in [0.05, 0.1) is 17.4 Å². The number of ether oxygens (including phenoxy) is 2. The summed E-state index contributed by atoms with van der Waals surface area (Å²) >= 11 is 0. The fraction of sp³-hybridized carbons (Fsp3) is 0.318. The van der Waals surface area contributed by atoms with Crippen molar-refractivity contribution in [2.24, 2.45) is 0 Å². The average molecular weight is 381 g/mol. The number of methoxy groups -OCH3 is 1. The molecule has 6 nitrogen and oxygen atoms in total. The van der Waals surface area contributed by atoms with Crippen LogP contribution in [-0.2, 0) is 19.9 Å². The van der Waals surface area contributed by atoms with Crippen LogP contribution in [0.4, 0.5) is 5.69 Å². The number of phenolic OH excluding ortho intramolecular Hbond substituents is 1. The van der Waals surface area contributed by atoms with Crippen molar-refractivity contribution in [1.82, 2.24) is 0 Å². The Labute approximate surface area is 163 Å². The number of carbonyl (C=O) groups excluding carboxylic acids is 1. The minimum Gasteiger partial charge on any atom is -0.507 e. The molecular weight excluding hydrogens is 358 g/mol. The van der Waals surface area contributed by atoms with Crippen molar-refractivity contribution in [1.29, 1.82) is 0 Å². The number of rotatable bonds is 4. The highest BCUT2D eigenvalue weighted by Gasteiger charge is 2.51. The molecule has 0 aromatic heterocycles. The third kappa shape index (κ3) is 2.99. The highest BCUT2D eigenvalue weighted by Crippen LogP contribution is 2.47. The molecule has 0 spiro atoms. The lowest BCUT2D eigenvalue weighted by Crippen LogP contribution is -2.52. The van der Waals surface area contributed by atoms with Crippen molar-refractivity contribution in [3.05, 3.63) is 65.2 Å². The monoisotopic (exact) mass is 381 g/mol. The topological polar surface area (TPSA) is 88.0 Å². The molecule has 0 aliphatic carbocycles. The van der Waals surface area contributed by atoms with Gasteiger partial charge in [-0.05, 0) is 30.5 Å². The van der Waals surface area contributed by atoms with E-state index in [1.54, 1.807) is 42.5 Å². The summed E-state index contributed by atoms with van der Waals surface area (Å²) in [4.78, 5) is 12.6. The number of nitrogens with one attached hydrogen (secondary N) is 1. The molecule has 3 N–H and O–H groups in total. The Hall–Kier alpha value is -2.67. The van der Waals surface area contributed by atoms with Gasteiger partial charge < -0.3 is 25.0 Å². The second-order valence-electron chi connectivity index (χ2n) is 7.07. The van der Waals surface area contributed by atoms with Crippen molar-refractivity contribution >= 4 is 17.7 Å². The maximum atomic E-state index is 12.6. The molecule has 3 unspecified atom stereocenters. The van der Waals surface area contributed by atoms with Gasteiger partial charge in [-0.3, -0.25) is 4.79 Å². The Balaban J connectivity index is 1.86. The molecule has 2 aliphatic rings. The van der Waals surface area contributed by atoms with Crippen LogP contribution in [0.3, 0.4) is 0 Å². The number of anilines is 1. The molecule has 0 saturated carbocycles. The zero-order valence-corrected chi connectivity index (χ0v) is 15.6. The molecule has 2 aliphatic heterocycles. The maximum Gasteiger partial charge on any atom is 0.257 e. The molecule has 0 radical (unpaired) electrons. The SMILES string of the molecule is COC1C(=O)Nc2ccc(/C=C/C3CCCO3)c(O)c2C1(O)c1ccccc1. The highest BCUT2D eigenvalue weighted by molar-refractivity contribution is 6.00. The zero-order valence-electron chi connectivity index (χ0n) is 15.6. The van der Waals surface area contributed by atoms with Gasteiger partial charge in [0, 0.05) is 19.3 Å². The number of fused-ring (bicyclic) bond motifs is 1. The quantitative estimate of drug-likeness (QED) is 0.758. The fourth-order valence-corrected chi connectivity index (χ4v) is 3.98. The second kappa shape index (κ2) is 7.39. The van der Waals surface area contributed by atoms with Gasteiger partial charge in [-0.15, -0.1) is 0 Å². The van der Waals surface area contributed by atoms with E-state index in [2.05, 4.69) is 5.32 Å². The Kier molecular flexibility index (Phi) is 4.93. The van der Waals surface area contributed by atoms with Gasteiger partial charge in [0.15, 0.2) is 11.7 Å². The minimum atomic E-state index is -1.83. The summed E-state index contributed by atoms with van der Waals surface area (Å²) in [7, 11) is 1.36. The van der Waals surface area contributed by atoms with Crippen LogP contribution < -0.4 is 5.32 Å². The molecule has 4 rings (SSSR count). The van der Waals surface area contributed by atoms with Gasteiger partial charge in [0.25, 0.3) is 5.91 Å². The summed E-state index contributed by atoms with van der Waals surface area (Å²) in [5.41, 5.74) is -0.245. The number of hydrogen-bond donors (Lipinski definition) is 3. The molecule has 2 aromatic rings. The largest absolute Gasteiger partial charge is 0.507 e. The van der Waals surface area contributed by atoms with Gasteiger partial charge in [-0.1, -0.05) is 42.5 Å². The van der Waals surface area contributed by atoms with E-state index in [1.807, 2.05) is 12.1 Å². The van der Waals surface area contributed by atoms with Gasteiger partial charge >= 0.3 is 0 Å². The Morgan fingerprint density at radius 1 is 1.25 bits per heavy atom. The van der Waals surface area contributed by atoms with Crippen LogP contribution >= 0.6 is 0 Å². The van der Waals surface area contributed by atoms with Crippen molar-refractivity contribution in [2.45, 2.75) is 30.7 Å². The van der Waals surface area contributed by atoms with Gasteiger partial charge in [-0.25, -0.2) is 0 Å². The first kappa shape index (κ1) is 18.7. The summed E-state index contributed by atoms with van der Waals surface area (Å²) in [6.07, 6.45) is 4.47. The van der Waals surface area contributed by atoms with Crippen molar-refractivity contribution < 1.29 is 24.5 Å². The lowest BCUT2D eigenvalue weighted by molar-refractivity contribution is -0.142. The molecule has 2 aromatic carbocycles. The van der Waals surface area contributed by atoms with Crippen LogP contribution in [0.2, 0.25) is 0 Å². The summed E-state index contributed by atoms with van der Waals surface area (Å²) in [6.45, 7) is 0.737. The molecule has 6 heteroatoms. The number of hydrogen-bond acceptors (Lipinski definition) is 5. The molecule has 1 saturated heterocycles. The lowest BCUT2D eigenvalue weighted by atomic mass is 9.77. The molecule has 3 atom stereocenters. The minimum absolute atomic E-state index is 0.0230. The molecule has 1 amide bonds. The Morgan fingerprint density at radius 2 is 2.04 bits per heavy atom. The summed E-state index contributed by atoms with van der Waals surface area (Å²) in [6, 6.07) is 12.2. The number of carbonyl (C=O) groups is 1. The third-order valence-electron chi connectivity index (χ3n) is 5.37. The zero-order chi connectivity index (χ0) is 19.7. The van der Waals surface area contributed by atoms with Crippen LogP contribution in [0, 0.1) is 0 Å². The van der Waals surface area contributed by atoms with Crippen molar-refractivity contribution in [2.75, 3.05) is 19.0 Å². The van der Waals surface area contributed by atoms with Crippen LogP contribution in [0.5, 0.6) is 5.75 Å².